The topological polar surface area (TPSA) is 46.5 Å². The standard InChI is InChI=1S/C21H20N4S/c26-18(11-13-25-14-12-22-15-25)21-23-19(16-7-3-1-4-8-16)20(24-21)17-9-5-2-6-10-17/h1-10,12,14-15,18,26H,11,13H2,(H,23,24). The van der Waals surface area contributed by atoms with Gasteiger partial charge in [-0.2, -0.15) is 12.6 Å². The lowest BCUT2D eigenvalue weighted by Gasteiger charge is -2.08. The number of thiol groups is 1. The van der Waals surface area contributed by atoms with E-state index in [1.54, 1.807) is 6.20 Å². The molecular weight excluding hydrogens is 340 g/mol. The molecule has 2 aromatic heterocycles. The number of H-pyrrole nitrogens is 1. The third-order valence-electron chi connectivity index (χ3n) is 4.37. The minimum absolute atomic E-state index is 0.0253. The van der Waals surface area contributed by atoms with E-state index in [-0.39, 0.29) is 5.25 Å². The molecule has 1 atom stereocenters. The summed E-state index contributed by atoms with van der Waals surface area (Å²) in [4.78, 5) is 12.5. The van der Waals surface area contributed by atoms with Crippen molar-refractivity contribution in [3.8, 4) is 22.5 Å². The van der Waals surface area contributed by atoms with E-state index in [0.717, 1.165) is 41.3 Å². The van der Waals surface area contributed by atoms with Crippen molar-refractivity contribution in [2.75, 3.05) is 0 Å². The van der Waals surface area contributed by atoms with Gasteiger partial charge in [-0.1, -0.05) is 60.7 Å². The number of nitrogens with one attached hydrogen (secondary N) is 1. The summed E-state index contributed by atoms with van der Waals surface area (Å²) in [5, 5.41) is 0.0253. The van der Waals surface area contributed by atoms with Crippen LogP contribution >= 0.6 is 12.6 Å². The first kappa shape index (κ1) is 16.7. The van der Waals surface area contributed by atoms with Crippen LogP contribution in [-0.4, -0.2) is 19.5 Å². The monoisotopic (exact) mass is 360 g/mol. The Kier molecular flexibility index (Phi) is 4.88. The molecular formula is C21H20N4S. The number of hydrogen-bond donors (Lipinski definition) is 2. The minimum Gasteiger partial charge on any atom is -0.341 e. The molecule has 1 N–H and O–H groups in total. The van der Waals surface area contributed by atoms with Crippen LogP contribution in [0.4, 0.5) is 0 Å². The van der Waals surface area contributed by atoms with Crippen LogP contribution in [0, 0.1) is 0 Å². The highest BCUT2D eigenvalue weighted by Gasteiger charge is 2.18. The van der Waals surface area contributed by atoms with Crippen LogP contribution in [0.1, 0.15) is 17.5 Å². The minimum atomic E-state index is 0.0253. The van der Waals surface area contributed by atoms with Gasteiger partial charge in [0.2, 0.25) is 0 Å². The van der Waals surface area contributed by atoms with Crippen LogP contribution in [0.15, 0.2) is 79.4 Å². The van der Waals surface area contributed by atoms with E-state index in [0.29, 0.717) is 0 Å². The number of hydrogen-bond acceptors (Lipinski definition) is 3. The summed E-state index contributed by atoms with van der Waals surface area (Å²) < 4.78 is 2.06. The Morgan fingerprint density at radius 2 is 1.65 bits per heavy atom. The van der Waals surface area contributed by atoms with Gasteiger partial charge in [-0.3, -0.25) is 0 Å². The number of aromatic nitrogens is 4. The number of aryl methyl sites for hydroxylation is 1. The lowest BCUT2D eigenvalue weighted by Crippen LogP contribution is -2.01. The highest BCUT2D eigenvalue weighted by molar-refractivity contribution is 7.80. The summed E-state index contributed by atoms with van der Waals surface area (Å²) in [6, 6.07) is 20.6. The molecule has 0 fully saturated rings. The highest BCUT2D eigenvalue weighted by Crippen LogP contribution is 2.33. The fourth-order valence-corrected chi connectivity index (χ4v) is 3.23. The van der Waals surface area contributed by atoms with Crippen LogP contribution in [0.2, 0.25) is 0 Å². The van der Waals surface area contributed by atoms with Gasteiger partial charge in [0, 0.05) is 30.1 Å². The lowest BCUT2D eigenvalue weighted by molar-refractivity contribution is 0.625. The maximum Gasteiger partial charge on any atom is 0.120 e. The van der Waals surface area contributed by atoms with Crippen molar-refractivity contribution in [2.45, 2.75) is 18.2 Å². The zero-order valence-corrected chi connectivity index (χ0v) is 15.2. The van der Waals surface area contributed by atoms with Gasteiger partial charge in [0.1, 0.15) is 5.82 Å². The van der Waals surface area contributed by atoms with E-state index in [4.69, 9.17) is 17.6 Å². The normalized spacial score (nSPS) is 12.2. The molecule has 2 heterocycles. The molecule has 0 bridgehead atoms. The fourth-order valence-electron chi connectivity index (χ4n) is 3.00. The molecule has 0 aliphatic heterocycles. The lowest BCUT2D eigenvalue weighted by atomic mass is 10.1. The van der Waals surface area contributed by atoms with Gasteiger partial charge in [0.15, 0.2) is 0 Å². The highest BCUT2D eigenvalue weighted by atomic mass is 32.1. The van der Waals surface area contributed by atoms with Gasteiger partial charge in [0.05, 0.1) is 23.0 Å². The molecule has 0 saturated carbocycles. The smallest absolute Gasteiger partial charge is 0.120 e. The van der Waals surface area contributed by atoms with E-state index in [2.05, 4.69) is 38.8 Å². The van der Waals surface area contributed by atoms with E-state index in [1.165, 1.54) is 0 Å². The van der Waals surface area contributed by atoms with Crippen molar-refractivity contribution in [3.05, 3.63) is 85.2 Å². The van der Waals surface area contributed by atoms with Gasteiger partial charge in [-0.05, 0) is 6.42 Å². The molecule has 4 rings (SSSR count). The number of aromatic amines is 1. The van der Waals surface area contributed by atoms with E-state index in [9.17, 15) is 0 Å². The van der Waals surface area contributed by atoms with E-state index < -0.39 is 0 Å². The van der Waals surface area contributed by atoms with Crippen molar-refractivity contribution < 1.29 is 0 Å². The van der Waals surface area contributed by atoms with Crippen LogP contribution < -0.4 is 0 Å². The van der Waals surface area contributed by atoms with Crippen LogP contribution in [-0.2, 0) is 6.54 Å². The Morgan fingerprint density at radius 3 is 2.31 bits per heavy atom. The van der Waals surface area contributed by atoms with E-state index in [1.807, 2.05) is 48.9 Å². The predicted octanol–water partition coefficient (Wildman–Crippen LogP) is 5.00. The molecule has 4 aromatic rings. The largest absolute Gasteiger partial charge is 0.341 e. The molecule has 130 valence electrons. The van der Waals surface area contributed by atoms with Crippen molar-refractivity contribution in [2.24, 2.45) is 0 Å². The summed E-state index contributed by atoms with van der Waals surface area (Å²) in [6.07, 6.45) is 6.46. The Labute approximate surface area is 158 Å². The molecule has 0 spiro atoms. The van der Waals surface area contributed by atoms with Crippen LogP contribution in [0.3, 0.4) is 0 Å². The summed E-state index contributed by atoms with van der Waals surface area (Å²) in [6.45, 7) is 0.857. The van der Waals surface area contributed by atoms with Crippen molar-refractivity contribution in [1.82, 2.24) is 19.5 Å². The Morgan fingerprint density at radius 1 is 0.962 bits per heavy atom. The summed E-state index contributed by atoms with van der Waals surface area (Å²) in [5.74, 6) is 0.895. The molecule has 0 saturated heterocycles. The summed E-state index contributed by atoms with van der Waals surface area (Å²) >= 11 is 4.79. The van der Waals surface area contributed by atoms with Crippen molar-refractivity contribution >= 4 is 12.6 Å². The number of rotatable bonds is 6. The third kappa shape index (κ3) is 3.58. The molecule has 2 aromatic carbocycles. The van der Waals surface area contributed by atoms with Gasteiger partial charge in [-0.15, -0.1) is 0 Å². The second kappa shape index (κ2) is 7.62. The quantitative estimate of drug-likeness (QED) is 0.475. The zero-order valence-electron chi connectivity index (χ0n) is 14.3. The second-order valence-corrected chi connectivity index (χ2v) is 6.81. The second-order valence-electron chi connectivity index (χ2n) is 6.18. The first-order valence-electron chi connectivity index (χ1n) is 8.66. The average molecular weight is 360 g/mol. The first-order chi connectivity index (χ1) is 12.8. The summed E-state index contributed by atoms with van der Waals surface area (Å²) in [5.41, 5.74) is 4.23. The zero-order chi connectivity index (χ0) is 17.8. The predicted molar refractivity (Wildman–Crippen MR) is 108 cm³/mol. The van der Waals surface area contributed by atoms with Crippen LogP contribution in [0.5, 0.6) is 0 Å². The van der Waals surface area contributed by atoms with Crippen LogP contribution in [0.25, 0.3) is 22.5 Å². The van der Waals surface area contributed by atoms with Crippen molar-refractivity contribution in [1.29, 1.82) is 0 Å². The van der Waals surface area contributed by atoms with E-state index >= 15 is 0 Å². The molecule has 4 nitrogen and oxygen atoms in total. The number of nitrogens with zero attached hydrogens (tertiary/aromatic N) is 3. The maximum absolute atomic E-state index is 4.90. The Bertz CT molecular complexity index is 889. The molecule has 0 aliphatic rings. The van der Waals surface area contributed by atoms with Gasteiger partial charge in [0.25, 0.3) is 0 Å². The maximum atomic E-state index is 4.90. The molecule has 1 unspecified atom stereocenters. The number of benzene rings is 2. The van der Waals surface area contributed by atoms with Gasteiger partial charge >= 0.3 is 0 Å². The molecule has 0 radical (unpaired) electrons. The molecule has 0 amide bonds. The molecule has 26 heavy (non-hydrogen) atoms. The van der Waals surface area contributed by atoms with Gasteiger partial charge < -0.3 is 9.55 Å². The Hall–Kier alpha value is -2.79. The molecule has 0 aliphatic carbocycles. The molecule has 5 heteroatoms. The average Bonchev–Trinajstić information content (AvgIpc) is 3.37. The fraction of sp³-hybridized carbons (Fsp3) is 0.143. The first-order valence-corrected chi connectivity index (χ1v) is 9.17. The SMILES string of the molecule is SC(CCn1ccnc1)c1nc(-c2ccccc2)c(-c2ccccc2)[nH]1. The Balaban J connectivity index is 1.67. The van der Waals surface area contributed by atoms with Crippen molar-refractivity contribution in [3.63, 3.8) is 0 Å². The van der Waals surface area contributed by atoms with Gasteiger partial charge in [-0.25, -0.2) is 9.97 Å². The number of imidazole rings is 2. The third-order valence-corrected chi connectivity index (χ3v) is 4.87. The summed E-state index contributed by atoms with van der Waals surface area (Å²) in [7, 11) is 0.